The molecule has 0 aliphatic carbocycles. The molecule has 5 rings (SSSR count). The number of fused-ring (bicyclic) bond motifs is 1. The van der Waals surface area contributed by atoms with Crippen LogP contribution in [-0.2, 0) is 17.8 Å². The Balaban J connectivity index is 1.46. The Hall–Kier alpha value is -3.80. The van der Waals surface area contributed by atoms with E-state index in [0.29, 0.717) is 43.2 Å². The number of carboxylic acids is 1. The van der Waals surface area contributed by atoms with Crippen LogP contribution in [0.3, 0.4) is 0 Å². The molecule has 0 aliphatic heterocycles. The second-order valence-electron chi connectivity index (χ2n) is 7.47. The molecular formula is C22H17ClN6O4S. The van der Waals surface area contributed by atoms with Gasteiger partial charge >= 0.3 is 5.97 Å². The predicted octanol–water partition coefficient (Wildman–Crippen LogP) is 4.56. The molecule has 0 bridgehead atoms. The van der Waals surface area contributed by atoms with E-state index in [1.54, 1.807) is 25.3 Å². The van der Waals surface area contributed by atoms with Crippen LogP contribution in [0.4, 0.5) is 10.8 Å². The number of aliphatic hydroxyl groups excluding tert-OH is 1. The third kappa shape index (κ3) is 4.23. The minimum absolute atomic E-state index is 0.202. The normalized spacial score (nSPS) is 11.3. The fraction of sp³-hybridized carbons (Fsp3) is 0.136. The molecule has 0 fully saturated rings. The highest BCUT2D eigenvalue weighted by Gasteiger charge is 2.17. The van der Waals surface area contributed by atoms with Crippen molar-refractivity contribution < 1.29 is 19.4 Å². The molecule has 10 nitrogen and oxygen atoms in total. The molecule has 4 N–H and O–H groups in total. The maximum Gasteiger partial charge on any atom is 0.311 e. The van der Waals surface area contributed by atoms with Gasteiger partial charge in [0.15, 0.2) is 0 Å². The summed E-state index contributed by atoms with van der Waals surface area (Å²) in [4.78, 5) is 15.4. The first-order valence-electron chi connectivity index (χ1n) is 10.1. The third-order valence-corrected chi connectivity index (χ3v) is 6.39. The summed E-state index contributed by atoms with van der Waals surface area (Å²) >= 11 is 7.79. The zero-order valence-electron chi connectivity index (χ0n) is 17.7. The molecule has 3 aromatic heterocycles. The number of aliphatic hydroxyl groups is 1. The summed E-state index contributed by atoms with van der Waals surface area (Å²) in [7, 11) is 0. The van der Waals surface area contributed by atoms with E-state index in [1.807, 2.05) is 18.2 Å². The highest BCUT2D eigenvalue weighted by atomic mass is 35.5. The van der Waals surface area contributed by atoms with Crippen molar-refractivity contribution in [1.29, 1.82) is 0 Å². The lowest BCUT2D eigenvalue weighted by molar-refractivity contribution is -0.136. The van der Waals surface area contributed by atoms with Gasteiger partial charge in [-0.05, 0) is 42.8 Å². The van der Waals surface area contributed by atoms with Crippen molar-refractivity contribution in [2.24, 2.45) is 0 Å². The van der Waals surface area contributed by atoms with Crippen LogP contribution in [0.2, 0.25) is 5.02 Å². The molecule has 2 aromatic carbocycles. The number of carboxylic acid groups (broad SMARTS) is 1. The number of anilines is 2. The Bertz CT molecular complexity index is 1530. The average Bonchev–Trinajstić information content (AvgIpc) is 3.56. The van der Waals surface area contributed by atoms with Gasteiger partial charge in [0, 0.05) is 16.5 Å². The number of aromatic nitrogens is 5. The van der Waals surface area contributed by atoms with Gasteiger partial charge in [0.25, 0.3) is 0 Å². The zero-order valence-corrected chi connectivity index (χ0v) is 19.2. The molecule has 34 heavy (non-hydrogen) atoms. The molecule has 3 heterocycles. The lowest BCUT2D eigenvalue weighted by Crippen LogP contribution is -1.99. The van der Waals surface area contributed by atoms with Gasteiger partial charge in [-0.15, -0.1) is 10.2 Å². The van der Waals surface area contributed by atoms with Gasteiger partial charge in [-0.1, -0.05) is 22.9 Å². The number of nitrogens with zero attached hydrogens (tertiary/aromatic N) is 4. The fourth-order valence-corrected chi connectivity index (χ4v) is 4.47. The van der Waals surface area contributed by atoms with Gasteiger partial charge in [0.1, 0.15) is 17.2 Å². The molecule has 0 aliphatic rings. The summed E-state index contributed by atoms with van der Waals surface area (Å²) in [5, 5.41) is 39.8. The first-order valence-corrected chi connectivity index (χ1v) is 11.3. The van der Waals surface area contributed by atoms with E-state index in [1.165, 1.54) is 11.3 Å². The molecule has 0 atom stereocenters. The van der Waals surface area contributed by atoms with Gasteiger partial charge in [-0.3, -0.25) is 9.89 Å². The summed E-state index contributed by atoms with van der Waals surface area (Å²) in [6.45, 7) is 1.49. The molecule has 172 valence electrons. The molecule has 0 saturated heterocycles. The third-order valence-electron chi connectivity index (χ3n) is 5.10. The Morgan fingerprint density at radius 1 is 1.24 bits per heavy atom. The van der Waals surface area contributed by atoms with Crippen molar-refractivity contribution in [1.82, 2.24) is 25.4 Å². The van der Waals surface area contributed by atoms with Crippen molar-refractivity contribution in [2.75, 3.05) is 5.32 Å². The number of carbonyl (C=O) groups is 1. The summed E-state index contributed by atoms with van der Waals surface area (Å²) in [5.74, 6) is -0.447. The van der Waals surface area contributed by atoms with Crippen molar-refractivity contribution in [3.05, 3.63) is 58.6 Å². The second kappa shape index (κ2) is 8.86. The zero-order chi connectivity index (χ0) is 23.8. The van der Waals surface area contributed by atoms with Crippen LogP contribution >= 0.6 is 22.9 Å². The van der Waals surface area contributed by atoms with E-state index in [-0.39, 0.29) is 24.7 Å². The van der Waals surface area contributed by atoms with Crippen LogP contribution in [0.15, 0.2) is 40.9 Å². The number of aliphatic carboxylic acids is 1. The minimum atomic E-state index is -1.00. The van der Waals surface area contributed by atoms with E-state index >= 15 is 0 Å². The molecular weight excluding hydrogens is 480 g/mol. The smallest absolute Gasteiger partial charge is 0.311 e. The fourth-order valence-electron chi connectivity index (χ4n) is 3.47. The van der Waals surface area contributed by atoms with E-state index in [9.17, 15) is 9.90 Å². The lowest BCUT2D eigenvalue weighted by atomic mass is 10.1. The summed E-state index contributed by atoms with van der Waals surface area (Å²) < 4.78 is 5.69. The predicted molar refractivity (Wildman–Crippen MR) is 127 cm³/mol. The number of benzene rings is 2. The Morgan fingerprint density at radius 2 is 2.06 bits per heavy atom. The van der Waals surface area contributed by atoms with Gasteiger partial charge < -0.3 is 19.9 Å². The number of aryl methyl sites for hydroxylation is 1. The van der Waals surface area contributed by atoms with Crippen LogP contribution in [0, 0.1) is 6.92 Å². The van der Waals surface area contributed by atoms with Crippen LogP contribution in [-0.4, -0.2) is 41.6 Å². The summed E-state index contributed by atoms with van der Waals surface area (Å²) in [6.07, 6.45) is 1.40. The second-order valence-corrected chi connectivity index (χ2v) is 8.83. The van der Waals surface area contributed by atoms with Crippen molar-refractivity contribution in [2.45, 2.75) is 20.0 Å². The number of rotatable bonds is 7. The van der Waals surface area contributed by atoms with Crippen molar-refractivity contribution >= 4 is 50.6 Å². The largest absolute Gasteiger partial charge is 0.481 e. The van der Waals surface area contributed by atoms with E-state index < -0.39 is 5.97 Å². The Morgan fingerprint density at radius 3 is 2.85 bits per heavy atom. The van der Waals surface area contributed by atoms with Crippen LogP contribution in [0.25, 0.3) is 32.9 Å². The number of aromatic amines is 1. The molecule has 0 unspecified atom stereocenters. The SMILES string of the molecule is Cc1nc(-c2cc(CO)cc(-c3nnc(Nc4ccc5[nH]ncc5c4Cl)s3)c2)oc1CC(=O)O. The van der Waals surface area contributed by atoms with Crippen LogP contribution in [0.5, 0.6) is 0 Å². The topological polar surface area (TPSA) is 150 Å². The number of hydrogen-bond donors (Lipinski definition) is 4. The molecule has 12 heteroatoms. The highest BCUT2D eigenvalue weighted by Crippen LogP contribution is 2.36. The number of hydrogen-bond acceptors (Lipinski definition) is 9. The van der Waals surface area contributed by atoms with Crippen molar-refractivity contribution in [3.63, 3.8) is 0 Å². The minimum Gasteiger partial charge on any atom is -0.481 e. The molecule has 0 amide bonds. The van der Waals surface area contributed by atoms with Gasteiger partial charge in [-0.2, -0.15) is 5.10 Å². The quantitative estimate of drug-likeness (QED) is 0.254. The van der Waals surface area contributed by atoms with Crippen molar-refractivity contribution in [3.8, 4) is 22.0 Å². The standard InChI is InChI=1S/C22H17ClN6O4S/c1-10-17(7-18(31)32)33-20(25-10)12-4-11(9-30)5-13(6-12)21-28-29-22(34-21)26-16-3-2-15-14(19(16)23)8-24-27-15/h2-6,8,30H,7,9H2,1H3,(H,24,27)(H,26,29)(H,31,32). The first kappa shape index (κ1) is 22.0. The maximum absolute atomic E-state index is 11.1. The molecule has 5 aromatic rings. The number of H-pyrrole nitrogens is 1. The number of nitrogens with one attached hydrogen (secondary N) is 2. The monoisotopic (exact) mass is 496 g/mol. The summed E-state index contributed by atoms with van der Waals surface area (Å²) in [6, 6.07) is 9.04. The average molecular weight is 497 g/mol. The molecule has 0 spiro atoms. The number of halogens is 1. The van der Waals surface area contributed by atoms with Gasteiger partial charge in [0.2, 0.25) is 11.0 Å². The van der Waals surface area contributed by atoms with E-state index in [2.05, 4.69) is 30.7 Å². The van der Waals surface area contributed by atoms with Crippen LogP contribution < -0.4 is 5.32 Å². The van der Waals surface area contributed by atoms with Crippen LogP contribution in [0.1, 0.15) is 17.0 Å². The first-order chi connectivity index (χ1) is 16.4. The van der Waals surface area contributed by atoms with E-state index in [0.717, 1.165) is 10.9 Å². The number of oxazole rings is 1. The van der Waals surface area contributed by atoms with Gasteiger partial charge in [0.05, 0.1) is 34.7 Å². The molecule has 0 saturated carbocycles. The maximum atomic E-state index is 11.1. The highest BCUT2D eigenvalue weighted by molar-refractivity contribution is 7.18. The summed E-state index contributed by atoms with van der Waals surface area (Å²) in [5.41, 5.74) is 3.93. The Kier molecular flexibility index (Phi) is 5.74. The molecule has 0 radical (unpaired) electrons. The Labute approximate surface area is 201 Å². The van der Waals surface area contributed by atoms with Gasteiger partial charge in [-0.25, -0.2) is 4.98 Å². The van der Waals surface area contributed by atoms with E-state index in [4.69, 9.17) is 21.1 Å². The lowest BCUT2D eigenvalue weighted by Gasteiger charge is -2.05.